The van der Waals surface area contributed by atoms with Gasteiger partial charge in [-0.05, 0) is 75.4 Å². The van der Waals surface area contributed by atoms with Crippen molar-refractivity contribution in [3.63, 3.8) is 0 Å². The van der Waals surface area contributed by atoms with Gasteiger partial charge in [-0.15, -0.1) is 11.8 Å². The van der Waals surface area contributed by atoms with Gasteiger partial charge in [0.05, 0.1) is 18.4 Å². The highest BCUT2D eigenvalue weighted by Gasteiger charge is 2.33. The van der Waals surface area contributed by atoms with Crippen molar-refractivity contribution in [3.8, 4) is 5.75 Å². The van der Waals surface area contributed by atoms with E-state index in [4.69, 9.17) is 21.1 Å². The van der Waals surface area contributed by atoms with Crippen LogP contribution in [0.15, 0.2) is 64.4 Å². The summed E-state index contributed by atoms with van der Waals surface area (Å²) in [5.41, 5.74) is -0.449. The molecule has 0 spiro atoms. The molecule has 0 aliphatic carbocycles. The summed E-state index contributed by atoms with van der Waals surface area (Å²) in [5, 5.41) is 2.82. The number of nitrogens with zero attached hydrogens (tertiary/aromatic N) is 1. The first kappa shape index (κ1) is 28.7. The molecule has 0 saturated carbocycles. The number of amides is 1. The summed E-state index contributed by atoms with van der Waals surface area (Å²) in [6.45, 7) is 5.18. The van der Waals surface area contributed by atoms with Crippen LogP contribution in [0.3, 0.4) is 0 Å². The minimum atomic E-state index is -4.09. The van der Waals surface area contributed by atoms with Crippen LogP contribution in [0.5, 0.6) is 5.75 Å². The molecular formula is C27H26ClFN2O6S2. The van der Waals surface area contributed by atoms with Gasteiger partial charge in [-0.2, -0.15) is 0 Å². The lowest BCUT2D eigenvalue weighted by Crippen LogP contribution is -2.36. The molecule has 3 aromatic carbocycles. The lowest BCUT2D eigenvalue weighted by Gasteiger charge is -2.31. The molecule has 8 nitrogen and oxygen atoms in total. The number of ether oxygens (including phenoxy) is 2. The Hall–Kier alpha value is -3.28. The van der Waals surface area contributed by atoms with E-state index in [0.29, 0.717) is 16.3 Å². The van der Waals surface area contributed by atoms with Crippen LogP contribution in [-0.2, 0) is 14.8 Å². The van der Waals surface area contributed by atoms with E-state index in [1.807, 2.05) is 0 Å². The summed E-state index contributed by atoms with van der Waals surface area (Å²) < 4.78 is 53.6. The molecule has 0 unspecified atom stereocenters. The summed E-state index contributed by atoms with van der Waals surface area (Å²) in [7, 11) is -2.72. The molecule has 0 radical (unpaired) electrons. The zero-order valence-electron chi connectivity index (χ0n) is 21.6. The van der Waals surface area contributed by atoms with Gasteiger partial charge in [-0.25, -0.2) is 17.6 Å². The average molecular weight is 593 g/mol. The first-order valence-corrected chi connectivity index (χ1v) is 14.6. The highest BCUT2D eigenvalue weighted by atomic mass is 35.5. The number of rotatable bonds is 6. The van der Waals surface area contributed by atoms with Gasteiger partial charge < -0.3 is 14.8 Å². The standard InChI is InChI=1S/C27H26ClFN2O6S2/c1-27(2,3)37-26(33)19-8-7-18(15-20(19)29)30-25(32)16-5-10-23-21(13-16)31(11-12-38-23)39(34,35)24-14-17(28)6-9-22(24)36-4/h5-10,13-15H,11-12H2,1-4H3,(H,30,32). The molecule has 0 saturated heterocycles. The van der Waals surface area contributed by atoms with Gasteiger partial charge in [-0.1, -0.05) is 11.6 Å². The number of methoxy groups -OCH3 is 1. The third-order valence-electron chi connectivity index (χ3n) is 5.58. The zero-order valence-corrected chi connectivity index (χ0v) is 24.0. The summed E-state index contributed by atoms with van der Waals surface area (Å²) >= 11 is 7.54. The number of benzene rings is 3. The maximum absolute atomic E-state index is 14.6. The number of sulfonamides is 1. The van der Waals surface area contributed by atoms with Gasteiger partial charge in [0.2, 0.25) is 0 Å². The van der Waals surface area contributed by atoms with E-state index in [1.54, 1.807) is 32.9 Å². The number of nitrogens with one attached hydrogen (secondary N) is 1. The van der Waals surface area contributed by atoms with Crippen LogP contribution in [-0.4, -0.2) is 45.3 Å². The van der Waals surface area contributed by atoms with Crippen LogP contribution >= 0.6 is 23.4 Å². The number of fused-ring (bicyclic) bond motifs is 1. The van der Waals surface area contributed by atoms with E-state index in [9.17, 15) is 22.4 Å². The predicted molar refractivity (Wildman–Crippen MR) is 149 cm³/mol. The summed E-state index contributed by atoms with van der Waals surface area (Å²) in [6, 6.07) is 12.7. The molecule has 1 aliphatic heterocycles. The topological polar surface area (TPSA) is 102 Å². The zero-order chi connectivity index (χ0) is 28.5. The smallest absolute Gasteiger partial charge is 0.341 e. The summed E-state index contributed by atoms with van der Waals surface area (Å²) in [6.07, 6.45) is 0. The largest absolute Gasteiger partial charge is 0.495 e. The van der Waals surface area contributed by atoms with Gasteiger partial charge >= 0.3 is 5.97 Å². The fraction of sp³-hybridized carbons (Fsp3) is 0.259. The Kier molecular flexibility index (Phi) is 8.15. The Bertz CT molecular complexity index is 1560. The lowest BCUT2D eigenvalue weighted by molar-refractivity contribution is 0.00646. The number of esters is 1. The number of carbonyl (C=O) groups excluding carboxylic acids is 2. The fourth-order valence-corrected chi connectivity index (χ4v) is 6.90. The molecule has 4 rings (SSSR count). The molecule has 12 heteroatoms. The van der Waals surface area contributed by atoms with Crippen molar-refractivity contribution < 1.29 is 31.9 Å². The second kappa shape index (κ2) is 11.1. The second-order valence-electron chi connectivity index (χ2n) is 9.55. The van der Waals surface area contributed by atoms with Crippen molar-refractivity contribution >= 4 is 56.6 Å². The van der Waals surface area contributed by atoms with E-state index >= 15 is 0 Å². The number of carbonyl (C=O) groups is 2. The monoisotopic (exact) mass is 592 g/mol. The first-order chi connectivity index (χ1) is 18.3. The summed E-state index contributed by atoms with van der Waals surface area (Å²) in [4.78, 5) is 25.9. The van der Waals surface area contributed by atoms with Crippen LogP contribution < -0.4 is 14.4 Å². The molecular weight excluding hydrogens is 567 g/mol. The molecule has 0 fully saturated rings. The van der Waals surface area contributed by atoms with Crippen LogP contribution in [0.2, 0.25) is 5.02 Å². The third kappa shape index (κ3) is 6.32. The lowest BCUT2D eigenvalue weighted by atomic mass is 10.1. The Morgan fingerprint density at radius 2 is 1.82 bits per heavy atom. The Labute approximate surface area is 235 Å². The molecule has 1 heterocycles. The minimum absolute atomic E-state index is 0.0919. The van der Waals surface area contributed by atoms with E-state index in [0.717, 1.165) is 6.07 Å². The van der Waals surface area contributed by atoms with Gasteiger partial charge in [0, 0.05) is 33.5 Å². The van der Waals surface area contributed by atoms with Gasteiger partial charge in [0.1, 0.15) is 22.1 Å². The maximum Gasteiger partial charge on any atom is 0.341 e. The van der Waals surface area contributed by atoms with Gasteiger partial charge in [0.15, 0.2) is 0 Å². The highest BCUT2D eigenvalue weighted by Crippen LogP contribution is 2.40. The average Bonchev–Trinajstić information content (AvgIpc) is 2.86. The van der Waals surface area contributed by atoms with Crippen LogP contribution in [0.4, 0.5) is 15.8 Å². The van der Waals surface area contributed by atoms with E-state index < -0.39 is 33.3 Å². The molecule has 1 amide bonds. The number of hydrogen-bond acceptors (Lipinski definition) is 7. The Morgan fingerprint density at radius 3 is 2.49 bits per heavy atom. The van der Waals surface area contributed by atoms with Crippen molar-refractivity contribution in [2.45, 2.75) is 36.2 Å². The van der Waals surface area contributed by atoms with Crippen molar-refractivity contribution in [1.29, 1.82) is 0 Å². The summed E-state index contributed by atoms with van der Waals surface area (Å²) in [5.74, 6) is -1.61. The maximum atomic E-state index is 14.6. The van der Waals surface area contributed by atoms with Crippen molar-refractivity contribution in [3.05, 3.63) is 76.6 Å². The Morgan fingerprint density at radius 1 is 1.08 bits per heavy atom. The molecule has 0 aromatic heterocycles. The minimum Gasteiger partial charge on any atom is -0.495 e. The predicted octanol–water partition coefficient (Wildman–Crippen LogP) is 6.00. The number of anilines is 2. The van der Waals surface area contributed by atoms with E-state index in [-0.39, 0.29) is 39.0 Å². The molecule has 1 N–H and O–H groups in total. The number of thioether (sulfide) groups is 1. The van der Waals surface area contributed by atoms with Crippen LogP contribution in [0, 0.1) is 5.82 Å². The number of halogens is 2. The molecule has 206 valence electrons. The van der Waals surface area contributed by atoms with Crippen molar-refractivity contribution in [1.82, 2.24) is 0 Å². The van der Waals surface area contributed by atoms with Gasteiger partial charge in [0.25, 0.3) is 15.9 Å². The SMILES string of the molecule is COc1ccc(Cl)cc1S(=O)(=O)N1CCSc2ccc(C(=O)Nc3ccc(C(=O)OC(C)(C)C)c(F)c3)cc21. The van der Waals surface area contributed by atoms with E-state index in [1.165, 1.54) is 59.6 Å². The van der Waals surface area contributed by atoms with Crippen molar-refractivity contribution in [2.75, 3.05) is 29.0 Å². The highest BCUT2D eigenvalue weighted by molar-refractivity contribution is 8.00. The molecule has 1 aliphatic rings. The molecule has 0 atom stereocenters. The molecule has 39 heavy (non-hydrogen) atoms. The Balaban J connectivity index is 1.61. The normalized spacial score (nSPS) is 13.4. The quantitative estimate of drug-likeness (QED) is 0.350. The van der Waals surface area contributed by atoms with Crippen LogP contribution in [0.25, 0.3) is 0 Å². The van der Waals surface area contributed by atoms with E-state index in [2.05, 4.69) is 5.32 Å². The molecule has 3 aromatic rings. The first-order valence-electron chi connectivity index (χ1n) is 11.8. The van der Waals surface area contributed by atoms with Crippen LogP contribution in [0.1, 0.15) is 41.5 Å². The fourth-order valence-electron chi connectivity index (χ4n) is 3.85. The second-order valence-corrected chi connectivity index (χ2v) is 13.0. The molecule has 0 bridgehead atoms. The van der Waals surface area contributed by atoms with Gasteiger partial charge in [-0.3, -0.25) is 9.10 Å². The third-order valence-corrected chi connectivity index (χ3v) is 8.69. The van der Waals surface area contributed by atoms with Crippen molar-refractivity contribution in [2.24, 2.45) is 0 Å². The number of hydrogen-bond donors (Lipinski definition) is 1.